The molecule has 2 aliphatic heterocycles. The molecule has 0 N–H and O–H groups in total. The number of hydrogen-bond donors (Lipinski definition) is 0. The van der Waals surface area contributed by atoms with Gasteiger partial charge in [0.05, 0.1) is 0 Å². The predicted molar refractivity (Wildman–Crippen MR) is 90.4 cm³/mol. The summed E-state index contributed by atoms with van der Waals surface area (Å²) in [6, 6.07) is 3.99. The van der Waals surface area contributed by atoms with Gasteiger partial charge in [-0.2, -0.15) is 0 Å². The second kappa shape index (κ2) is 6.28. The number of thiophene rings is 1. The number of hydrogen-bond acceptors (Lipinski definition) is 5. The van der Waals surface area contributed by atoms with Crippen molar-refractivity contribution in [1.29, 1.82) is 0 Å². The lowest BCUT2D eigenvalue weighted by Gasteiger charge is -2.35. The van der Waals surface area contributed by atoms with Crippen molar-refractivity contribution in [3.05, 3.63) is 40.3 Å². The number of piperidine rings is 1. The van der Waals surface area contributed by atoms with Crippen molar-refractivity contribution in [3.8, 4) is 0 Å². The molecule has 0 aromatic carbocycles. The van der Waals surface area contributed by atoms with Crippen molar-refractivity contribution in [3.63, 3.8) is 0 Å². The van der Waals surface area contributed by atoms with E-state index in [2.05, 4.69) is 26.3 Å². The second-order valence-electron chi connectivity index (χ2n) is 6.19. The molecule has 2 aliphatic rings. The van der Waals surface area contributed by atoms with Crippen molar-refractivity contribution in [2.45, 2.75) is 25.8 Å². The van der Waals surface area contributed by atoms with E-state index < -0.39 is 0 Å². The quantitative estimate of drug-likeness (QED) is 0.849. The minimum Gasteiger partial charge on any atom is -0.341 e. The maximum atomic E-state index is 12.8. The highest BCUT2D eigenvalue weighted by molar-refractivity contribution is 7.10. The Kier molecular flexibility index (Phi) is 3.99. The van der Waals surface area contributed by atoms with Crippen LogP contribution in [0.2, 0.25) is 0 Å². The van der Waals surface area contributed by atoms with Gasteiger partial charge in [-0.25, -0.2) is 9.97 Å². The fraction of sp³-hybridized carbons (Fsp3) is 0.471. The number of amides is 1. The largest absolute Gasteiger partial charge is 0.341 e. The molecule has 0 atom stereocenters. The Morgan fingerprint density at radius 2 is 1.96 bits per heavy atom. The third-order valence-electron chi connectivity index (χ3n) is 4.80. The normalized spacial score (nSPS) is 18.8. The summed E-state index contributed by atoms with van der Waals surface area (Å²) in [6.45, 7) is 3.38. The number of fused-ring (bicyclic) bond motifs is 1. The van der Waals surface area contributed by atoms with Gasteiger partial charge in [0.1, 0.15) is 0 Å². The van der Waals surface area contributed by atoms with Gasteiger partial charge in [0.25, 0.3) is 0 Å². The first-order valence-electron chi connectivity index (χ1n) is 8.17. The molecule has 4 heterocycles. The van der Waals surface area contributed by atoms with Crippen molar-refractivity contribution < 1.29 is 4.79 Å². The molecule has 4 rings (SSSR count). The second-order valence-corrected chi connectivity index (χ2v) is 7.19. The van der Waals surface area contributed by atoms with Crippen LogP contribution < -0.4 is 4.90 Å². The van der Waals surface area contributed by atoms with Crippen molar-refractivity contribution in [2.24, 2.45) is 5.92 Å². The molecule has 0 unspecified atom stereocenters. The van der Waals surface area contributed by atoms with Crippen LogP contribution in [0.1, 0.15) is 23.3 Å². The Morgan fingerprint density at radius 1 is 1.17 bits per heavy atom. The Bertz CT molecular complexity index is 679. The minimum atomic E-state index is 0.148. The molecular weight excluding hydrogens is 308 g/mol. The Morgan fingerprint density at radius 3 is 2.74 bits per heavy atom. The van der Waals surface area contributed by atoms with Gasteiger partial charge in [-0.15, -0.1) is 11.3 Å². The Labute approximate surface area is 140 Å². The lowest BCUT2D eigenvalue weighted by Crippen LogP contribution is -2.44. The third kappa shape index (κ3) is 2.95. The monoisotopic (exact) mass is 328 g/mol. The maximum absolute atomic E-state index is 12.8. The molecule has 120 valence electrons. The molecule has 2 aromatic rings. The van der Waals surface area contributed by atoms with Gasteiger partial charge in [-0.3, -0.25) is 4.79 Å². The van der Waals surface area contributed by atoms with Crippen LogP contribution in [-0.4, -0.2) is 40.4 Å². The molecule has 1 fully saturated rings. The fourth-order valence-corrected chi connectivity index (χ4v) is 4.37. The molecular formula is C17H20N4OS. The van der Waals surface area contributed by atoms with Crippen LogP contribution in [0.3, 0.4) is 0 Å². The summed E-state index contributed by atoms with van der Waals surface area (Å²) >= 11 is 1.81. The van der Waals surface area contributed by atoms with Crippen molar-refractivity contribution >= 4 is 23.2 Å². The van der Waals surface area contributed by atoms with E-state index in [1.807, 2.05) is 22.3 Å². The molecule has 23 heavy (non-hydrogen) atoms. The van der Waals surface area contributed by atoms with E-state index in [1.54, 1.807) is 12.4 Å². The molecule has 1 amide bonds. The van der Waals surface area contributed by atoms with E-state index in [0.29, 0.717) is 5.91 Å². The van der Waals surface area contributed by atoms with Gasteiger partial charge >= 0.3 is 0 Å². The summed E-state index contributed by atoms with van der Waals surface area (Å²) in [4.78, 5) is 27.1. The van der Waals surface area contributed by atoms with Gasteiger partial charge in [-0.05, 0) is 42.3 Å². The van der Waals surface area contributed by atoms with Crippen LogP contribution in [0, 0.1) is 5.92 Å². The van der Waals surface area contributed by atoms with Crippen LogP contribution in [-0.2, 0) is 17.8 Å². The number of carbonyl (C=O) groups excluding carboxylic acids is 1. The van der Waals surface area contributed by atoms with Crippen LogP contribution in [0.4, 0.5) is 5.95 Å². The van der Waals surface area contributed by atoms with E-state index in [1.165, 1.54) is 10.4 Å². The first kappa shape index (κ1) is 14.6. The predicted octanol–water partition coefficient (Wildman–Crippen LogP) is 2.34. The first-order chi connectivity index (χ1) is 11.3. The molecule has 1 saturated heterocycles. The van der Waals surface area contributed by atoms with Gasteiger partial charge in [0.15, 0.2) is 0 Å². The van der Waals surface area contributed by atoms with Gasteiger partial charge in [0.2, 0.25) is 11.9 Å². The summed E-state index contributed by atoms with van der Waals surface area (Å²) in [6.07, 6.45) is 6.33. The van der Waals surface area contributed by atoms with Gasteiger partial charge in [0, 0.05) is 49.4 Å². The molecule has 2 aromatic heterocycles. The van der Waals surface area contributed by atoms with Crippen LogP contribution in [0.5, 0.6) is 0 Å². The lowest BCUT2D eigenvalue weighted by atomic mass is 9.94. The van der Waals surface area contributed by atoms with Gasteiger partial charge in [-0.1, -0.05) is 0 Å². The standard InChI is InChI=1S/C17H20N4OS/c22-16(21-10-4-15-14(12-21)5-11-23-15)13-2-8-20(9-3-13)17-18-6-1-7-19-17/h1,5-7,11,13H,2-4,8-10,12H2. The Balaban J connectivity index is 1.36. The topological polar surface area (TPSA) is 49.3 Å². The molecule has 0 saturated carbocycles. The highest BCUT2D eigenvalue weighted by atomic mass is 32.1. The molecule has 0 radical (unpaired) electrons. The van der Waals surface area contributed by atoms with Crippen molar-refractivity contribution in [2.75, 3.05) is 24.5 Å². The first-order valence-corrected chi connectivity index (χ1v) is 9.05. The van der Waals surface area contributed by atoms with E-state index >= 15 is 0 Å². The number of anilines is 1. The van der Waals surface area contributed by atoms with Crippen LogP contribution in [0.15, 0.2) is 29.9 Å². The molecule has 0 bridgehead atoms. The lowest BCUT2D eigenvalue weighted by molar-refractivity contribution is -0.137. The number of nitrogens with zero attached hydrogens (tertiary/aromatic N) is 4. The van der Waals surface area contributed by atoms with E-state index in [-0.39, 0.29) is 5.92 Å². The van der Waals surface area contributed by atoms with Gasteiger partial charge < -0.3 is 9.80 Å². The zero-order chi connectivity index (χ0) is 15.6. The fourth-order valence-electron chi connectivity index (χ4n) is 3.48. The number of rotatable bonds is 2. The maximum Gasteiger partial charge on any atom is 0.226 e. The summed E-state index contributed by atoms with van der Waals surface area (Å²) in [5, 5.41) is 2.14. The highest BCUT2D eigenvalue weighted by Crippen LogP contribution is 2.27. The third-order valence-corrected chi connectivity index (χ3v) is 5.82. The average Bonchev–Trinajstić information content (AvgIpc) is 3.10. The summed E-state index contributed by atoms with van der Waals surface area (Å²) in [7, 11) is 0. The smallest absolute Gasteiger partial charge is 0.226 e. The Hall–Kier alpha value is -1.95. The molecule has 0 spiro atoms. The molecule has 0 aliphatic carbocycles. The van der Waals surface area contributed by atoms with E-state index in [0.717, 1.165) is 51.4 Å². The SMILES string of the molecule is O=C(C1CCN(c2ncccn2)CC1)N1CCc2sccc2C1. The number of carbonyl (C=O) groups is 1. The zero-order valence-corrected chi connectivity index (χ0v) is 13.8. The minimum absolute atomic E-state index is 0.148. The summed E-state index contributed by atoms with van der Waals surface area (Å²) < 4.78 is 0. The summed E-state index contributed by atoms with van der Waals surface area (Å²) in [5.74, 6) is 1.25. The average molecular weight is 328 g/mol. The summed E-state index contributed by atoms with van der Waals surface area (Å²) in [5.41, 5.74) is 1.34. The van der Waals surface area contributed by atoms with Crippen LogP contribution in [0.25, 0.3) is 0 Å². The van der Waals surface area contributed by atoms with Crippen molar-refractivity contribution in [1.82, 2.24) is 14.9 Å². The zero-order valence-electron chi connectivity index (χ0n) is 13.0. The number of aromatic nitrogens is 2. The van der Waals surface area contributed by atoms with E-state index in [4.69, 9.17) is 0 Å². The van der Waals surface area contributed by atoms with Crippen LogP contribution >= 0.6 is 11.3 Å². The molecule has 6 heteroatoms. The molecule has 5 nitrogen and oxygen atoms in total. The highest BCUT2D eigenvalue weighted by Gasteiger charge is 2.31. The van der Waals surface area contributed by atoms with E-state index in [9.17, 15) is 4.79 Å².